The Kier molecular flexibility index (Phi) is 3.59. The van der Waals surface area contributed by atoms with E-state index in [4.69, 9.17) is 11.6 Å². The first-order chi connectivity index (χ1) is 9.99. The van der Waals surface area contributed by atoms with Gasteiger partial charge in [0.05, 0.1) is 16.6 Å². The molecule has 1 aliphatic heterocycles. The predicted molar refractivity (Wildman–Crippen MR) is 84.7 cm³/mol. The van der Waals surface area contributed by atoms with Crippen LogP contribution in [-0.4, -0.2) is 41.0 Å². The lowest BCUT2D eigenvalue weighted by Crippen LogP contribution is -2.59. The van der Waals surface area contributed by atoms with Crippen molar-refractivity contribution in [1.82, 2.24) is 15.2 Å². The van der Waals surface area contributed by atoms with Crippen molar-refractivity contribution in [3.8, 4) is 0 Å². The third-order valence-corrected chi connectivity index (χ3v) is 4.22. The number of rotatable bonds is 1. The third kappa shape index (κ3) is 2.61. The highest BCUT2D eigenvalue weighted by atomic mass is 35.5. The number of hydrogen-bond donors (Lipinski definition) is 1. The first-order valence-electron chi connectivity index (χ1n) is 7.06. The van der Waals surface area contributed by atoms with Gasteiger partial charge in [-0.05, 0) is 32.0 Å². The molecule has 21 heavy (non-hydrogen) atoms. The predicted octanol–water partition coefficient (Wildman–Crippen LogP) is 2.71. The van der Waals surface area contributed by atoms with Gasteiger partial charge in [-0.2, -0.15) is 0 Å². The number of aromatic nitrogens is 1. The summed E-state index contributed by atoms with van der Waals surface area (Å²) in [5.74, 6) is 0.0521. The second kappa shape index (κ2) is 5.28. The molecule has 0 radical (unpaired) electrons. The molecule has 0 aliphatic carbocycles. The molecule has 1 N–H and O–H groups in total. The van der Waals surface area contributed by atoms with Crippen LogP contribution >= 0.6 is 11.6 Å². The second-order valence-electron chi connectivity index (χ2n) is 5.97. The summed E-state index contributed by atoms with van der Waals surface area (Å²) in [7, 11) is 0. The number of benzene rings is 1. The fraction of sp³-hybridized carbons (Fsp3) is 0.375. The van der Waals surface area contributed by atoms with E-state index in [0.29, 0.717) is 17.1 Å². The number of hydrogen-bond acceptors (Lipinski definition) is 3. The number of piperazine rings is 1. The Hall–Kier alpha value is -1.65. The minimum Gasteiger partial charge on any atom is -0.331 e. The quantitative estimate of drug-likeness (QED) is 0.881. The van der Waals surface area contributed by atoms with E-state index < -0.39 is 0 Å². The lowest BCUT2D eigenvalue weighted by Gasteiger charge is -2.43. The standard InChI is InChI=1S/C16H18ClN3O/c1-16(2)10-18-7-8-20(16)15(21)13-5-6-19-14-9-11(17)3-4-12(13)14/h3-6,9,18H,7-8,10H2,1-2H3. The molecule has 4 nitrogen and oxygen atoms in total. The number of nitrogens with zero attached hydrogens (tertiary/aromatic N) is 2. The number of pyridine rings is 1. The van der Waals surface area contributed by atoms with Crippen molar-refractivity contribution in [2.75, 3.05) is 19.6 Å². The summed E-state index contributed by atoms with van der Waals surface area (Å²) in [6, 6.07) is 7.24. The molecule has 2 aromatic rings. The van der Waals surface area contributed by atoms with Gasteiger partial charge < -0.3 is 10.2 Å². The van der Waals surface area contributed by atoms with Crippen molar-refractivity contribution < 1.29 is 4.79 Å². The summed E-state index contributed by atoms with van der Waals surface area (Å²) in [5.41, 5.74) is 1.24. The molecule has 0 atom stereocenters. The maximum atomic E-state index is 13.0. The number of amides is 1. The van der Waals surface area contributed by atoms with Crippen LogP contribution in [0.1, 0.15) is 24.2 Å². The summed E-state index contributed by atoms with van der Waals surface area (Å²) in [6.45, 7) is 6.50. The molecule has 0 spiro atoms. The Morgan fingerprint density at radius 1 is 1.38 bits per heavy atom. The fourth-order valence-electron chi connectivity index (χ4n) is 2.81. The Bertz CT molecular complexity index is 699. The van der Waals surface area contributed by atoms with Crippen molar-refractivity contribution in [3.63, 3.8) is 0 Å². The van der Waals surface area contributed by atoms with Gasteiger partial charge in [0.25, 0.3) is 5.91 Å². The van der Waals surface area contributed by atoms with E-state index in [0.717, 1.165) is 24.0 Å². The van der Waals surface area contributed by atoms with Crippen LogP contribution in [0.25, 0.3) is 10.9 Å². The zero-order valence-corrected chi connectivity index (χ0v) is 12.9. The Morgan fingerprint density at radius 3 is 2.95 bits per heavy atom. The molecule has 0 unspecified atom stereocenters. The van der Waals surface area contributed by atoms with Crippen molar-refractivity contribution >= 4 is 28.4 Å². The van der Waals surface area contributed by atoms with Gasteiger partial charge in [0, 0.05) is 36.2 Å². The first kappa shape index (κ1) is 14.3. The fourth-order valence-corrected chi connectivity index (χ4v) is 2.98. The van der Waals surface area contributed by atoms with Crippen LogP contribution in [0.2, 0.25) is 5.02 Å². The Balaban J connectivity index is 2.05. The normalized spacial score (nSPS) is 18.0. The number of carbonyl (C=O) groups excluding carboxylic acids is 1. The number of fused-ring (bicyclic) bond motifs is 1. The second-order valence-corrected chi connectivity index (χ2v) is 6.40. The van der Waals surface area contributed by atoms with Gasteiger partial charge in [0.15, 0.2) is 0 Å². The van der Waals surface area contributed by atoms with Gasteiger partial charge in [0.2, 0.25) is 0 Å². The molecule has 1 saturated heterocycles. The summed E-state index contributed by atoms with van der Waals surface area (Å²) >= 11 is 6.00. The lowest BCUT2D eigenvalue weighted by molar-refractivity contribution is 0.0479. The van der Waals surface area contributed by atoms with Gasteiger partial charge in [-0.1, -0.05) is 17.7 Å². The van der Waals surface area contributed by atoms with E-state index in [2.05, 4.69) is 24.1 Å². The molecule has 1 aliphatic rings. The largest absolute Gasteiger partial charge is 0.331 e. The molecule has 5 heteroatoms. The van der Waals surface area contributed by atoms with Crippen molar-refractivity contribution in [3.05, 3.63) is 41.0 Å². The minimum atomic E-state index is -0.197. The lowest BCUT2D eigenvalue weighted by atomic mass is 9.98. The topological polar surface area (TPSA) is 45.2 Å². The zero-order valence-electron chi connectivity index (χ0n) is 12.2. The molecule has 0 bridgehead atoms. The van der Waals surface area contributed by atoms with Crippen LogP contribution in [0.4, 0.5) is 0 Å². The van der Waals surface area contributed by atoms with Crippen molar-refractivity contribution in [2.24, 2.45) is 0 Å². The minimum absolute atomic E-state index is 0.0521. The van der Waals surface area contributed by atoms with Gasteiger partial charge in [-0.3, -0.25) is 9.78 Å². The van der Waals surface area contributed by atoms with Crippen LogP contribution in [0.5, 0.6) is 0 Å². The summed E-state index contributed by atoms with van der Waals surface area (Å²) in [6.07, 6.45) is 1.67. The van der Waals surface area contributed by atoms with Gasteiger partial charge in [0.1, 0.15) is 0 Å². The molecular weight excluding hydrogens is 286 g/mol. The van der Waals surface area contributed by atoms with Gasteiger partial charge in [-0.15, -0.1) is 0 Å². The van der Waals surface area contributed by atoms with Crippen LogP contribution in [0.3, 0.4) is 0 Å². The van der Waals surface area contributed by atoms with Crippen molar-refractivity contribution in [1.29, 1.82) is 0 Å². The van der Waals surface area contributed by atoms with E-state index in [9.17, 15) is 4.79 Å². The molecule has 3 rings (SSSR count). The van der Waals surface area contributed by atoms with E-state index in [1.54, 1.807) is 24.4 Å². The molecule has 0 saturated carbocycles. The Labute approximate surface area is 129 Å². The molecule has 2 heterocycles. The van der Waals surface area contributed by atoms with Crippen LogP contribution < -0.4 is 5.32 Å². The first-order valence-corrected chi connectivity index (χ1v) is 7.44. The van der Waals surface area contributed by atoms with E-state index in [-0.39, 0.29) is 11.4 Å². The number of carbonyl (C=O) groups is 1. The highest BCUT2D eigenvalue weighted by Crippen LogP contribution is 2.25. The van der Waals surface area contributed by atoms with E-state index >= 15 is 0 Å². The molecule has 1 fully saturated rings. The monoisotopic (exact) mass is 303 g/mol. The SMILES string of the molecule is CC1(C)CNCCN1C(=O)c1ccnc2cc(Cl)ccc12. The number of nitrogens with one attached hydrogen (secondary N) is 1. The van der Waals surface area contributed by atoms with Crippen LogP contribution in [0, 0.1) is 0 Å². The smallest absolute Gasteiger partial charge is 0.255 e. The molecule has 1 aromatic carbocycles. The van der Waals surface area contributed by atoms with Gasteiger partial charge in [-0.25, -0.2) is 0 Å². The van der Waals surface area contributed by atoms with Crippen LogP contribution in [0.15, 0.2) is 30.5 Å². The third-order valence-electron chi connectivity index (χ3n) is 3.98. The van der Waals surface area contributed by atoms with Gasteiger partial charge >= 0.3 is 0 Å². The highest BCUT2D eigenvalue weighted by Gasteiger charge is 2.34. The average Bonchev–Trinajstić information content (AvgIpc) is 2.45. The van der Waals surface area contributed by atoms with Crippen molar-refractivity contribution in [2.45, 2.75) is 19.4 Å². The molecular formula is C16H18ClN3O. The molecule has 1 aromatic heterocycles. The molecule has 1 amide bonds. The maximum absolute atomic E-state index is 13.0. The average molecular weight is 304 g/mol. The maximum Gasteiger partial charge on any atom is 0.255 e. The van der Waals surface area contributed by atoms with Crippen LogP contribution in [-0.2, 0) is 0 Å². The van der Waals surface area contributed by atoms with E-state index in [1.807, 2.05) is 11.0 Å². The highest BCUT2D eigenvalue weighted by molar-refractivity contribution is 6.31. The summed E-state index contributed by atoms with van der Waals surface area (Å²) in [4.78, 5) is 19.2. The Morgan fingerprint density at radius 2 is 2.19 bits per heavy atom. The molecule has 110 valence electrons. The zero-order chi connectivity index (χ0) is 15.0. The summed E-state index contributed by atoms with van der Waals surface area (Å²) in [5, 5.41) is 4.81. The van der Waals surface area contributed by atoms with E-state index in [1.165, 1.54) is 0 Å². The summed E-state index contributed by atoms with van der Waals surface area (Å²) < 4.78 is 0. The number of halogens is 1.